The molecule has 0 unspecified atom stereocenters. The maximum absolute atomic E-state index is 12.5. The molecule has 0 saturated carbocycles. The van der Waals surface area contributed by atoms with Gasteiger partial charge in [0, 0.05) is 5.69 Å². The Morgan fingerprint density at radius 2 is 1.80 bits per heavy atom. The third kappa shape index (κ3) is 3.14. The summed E-state index contributed by atoms with van der Waals surface area (Å²) in [4.78, 5) is 0. The first-order valence-electron chi connectivity index (χ1n) is 5.74. The molecule has 0 aliphatic rings. The number of ether oxygens (including phenoxy) is 1. The lowest BCUT2D eigenvalue weighted by atomic mass is 10.1. The molecule has 0 heterocycles. The van der Waals surface area contributed by atoms with Crippen molar-refractivity contribution in [2.24, 2.45) is 0 Å². The third-order valence-corrected chi connectivity index (χ3v) is 2.68. The van der Waals surface area contributed by atoms with E-state index in [1.54, 1.807) is 18.2 Å². The topological polar surface area (TPSA) is 55.5 Å². The van der Waals surface area contributed by atoms with Crippen LogP contribution >= 0.6 is 0 Å². The van der Waals surface area contributed by atoms with Gasteiger partial charge in [-0.3, -0.25) is 0 Å². The van der Waals surface area contributed by atoms with Crippen molar-refractivity contribution in [3.63, 3.8) is 0 Å². The molecule has 0 bridgehead atoms. The number of alkyl halides is 3. The minimum atomic E-state index is -4.47. The summed E-state index contributed by atoms with van der Waals surface area (Å²) in [5.74, 6) is 0.221. The van der Waals surface area contributed by atoms with Gasteiger partial charge in [0.2, 0.25) is 0 Å². The van der Waals surface area contributed by atoms with E-state index in [9.17, 15) is 18.3 Å². The van der Waals surface area contributed by atoms with Gasteiger partial charge in [-0.05, 0) is 29.8 Å². The molecule has 0 saturated heterocycles. The Morgan fingerprint density at radius 1 is 1.10 bits per heavy atom. The second kappa shape index (κ2) is 5.32. The van der Waals surface area contributed by atoms with Crippen LogP contribution in [0.5, 0.6) is 11.5 Å². The summed E-state index contributed by atoms with van der Waals surface area (Å²) >= 11 is 0. The molecular weight excluding hydrogens is 271 g/mol. The Bertz CT molecular complexity index is 612. The van der Waals surface area contributed by atoms with Gasteiger partial charge in [-0.1, -0.05) is 18.2 Å². The Balaban J connectivity index is 2.12. The van der Waals surface area contributed by atoms with E-state index in [2.05, 4.69) is 0 Å². The van der Waals surface area contributed by atoms with Crippen molar-refractivity contribution in [1.29, 1.82) is 0 Å². The molecule has 3 N–H and O–H groups in total. The largest absolute Gasteiger partial charge is 0.504 e. The molecule has 0 aromatic heterocycles. The van der Waals surface area contributed by atoms with E-state index in [-0.39, 0.29) is 23.8 Å². The molecule has 0 spiro atoms. The fourth-order valence-electron chi connectivity index (χ4n) is 1.70. The van der Waals surface area contributed by atoms with Crippen LogP contribution < -0.4 is 10.5 Å². The lowest BCUT2D eigenvalue weighted by molar-refractivity contribution is -0.136. The van der Waals surface area contributed by atoms with E-state index in [1.165, 1.54) is 18.2 Å². The summed E-state index contributed by atoms with van der Waals surface area (Å²) in [7, 11) is 0. The minimum absolute atomic E-state index is 0.0138. The Morgan fingerprint density at radius 3 is 2.40 bits per heavy atom. The molecule has 0 atom stereocenters. The first-order chi connectivity index (χ1) is 9.38. The van der Waals surface area contributed by atoms with Gasteiger partial charge >= 0.3 is 6.18 Å². The zero-order valence-electron chi connectivity index (χ0n) is 10.3. The number of hydrogen-bond donors (Lipinski definition) is 2. The van der Waals surface area contributed by atoms with E-state index in [1.807, 2.05) is 0 Å². The van der Waals surface area contributed by atoms with Gasteiger partial charge in [-0.15, -0.1) is 0 Å². The summed E-state index contributed by atoms with van der Waals surface area (Å²) in [6, 6.07) is 9.74. The van der Waals surface area contributed by atoms with E-state index < -0.39 is 11.7 Å². The lowest BCUT2D eigenvalue weighted by Gasteiger charge is -2.12. The Kier molecular flexibility index (Phi) is 3.74. The average Bonchev–Trinajstić information content (AvgIpc) is 2.36. The normalized spacial score (nSPS) is 11.3. The van der Waals surface area contributed by atoms with E-state index in [0.29, 0.717) is 5.56 Å². The standard InChI is InChI=1S/C14H12F3NO2/c15-14(16,17)10-6-5-9(7-11(10)18)8-20-13-4-2-1-3-12(13)19/h1-7,19H,8,18H2. The highest BCUT2D eigenvalue weighted by Crippen LogP contribution is 2.34. The predicted molar refractivity (Wildman–Crippen MR) is 68.3 cm³/mol. The molecule has 2 rings (SSSR count). The smallest absolute Gasteiger partial charge is 0.418 e. The summed E-state index contributed by atoms with van der Waals surface area (Å²) < 4.78 is 42.9. The number of nitrogens with two attached hydrogens (primary N) is 1. The van der Waals surface area contributed by atoms with Gasteiger partial charge in [0.1, 0.15) is 6.61 Å². The van der Waals surface area contributed by atoms with Gasteiger partial charge in [0.15, 0.2) is 11.5 Å². The maximum Gasteiger partial charge on any atom is 0.418 e. The lowest BCUT2D eigenvalue weighted by Crippen LogP contribution is -2.09. The number of phenols is 1. The van der Waals surface area contributed by atoms with E-state index in [4.69, 9.17) is 10.5 Å². The molecule has 0 amide bonds. The van der Waals surface area contributed by atoms with Crippen LogP contribution in [0.3, 0.4) is 0 Å². The molecular formula is C14H12F3NO2. The SMILES string of the molecule is Nc1cc(COc2ccccc2O)ccc1C(F)(F)F. The van der Waals surface area contributed by atoms with Crippen molar-refractivity contribution in [1.82, 2.24) is 0 Å². The minimum Gasteiger partial charge on any atom is -0.504 e. The Labute approximate surface area is 113 Å². The average molecular weight is 283 g/mol. The number of halogens is 3. The molecule has 0 fully saturated rings. The molecule has 0 radical (unpaired) electrons. The van der Waals surface area contributed by atoms with Crippen LogP contribution in [0, 0.1) is 0 Å². The zero-order valence-corrected chi connectivity index (χ0v) is 10.3. The zero-order chi connectivity index (χ0) is 14.8. The quantitative estimate of drug-likeness (QED) is 0.847. The highest BCUT2D eigenvalue weighted by molar-refractivity contribution is 5.50. The first kappa shape index (κ1) is 14.0. The van der Waals surface area contributed by atoms with Crippen LogP contribution in [-0.2, 0) is 12.8 Å². The molecule has 106 valence electrons. The van der Waals surface area contributed by atoms with Crippen molar-refractivity contribution in [3.05, 3.63) is 53.6 Å². The van der Waals surface area contributed by atoms with Crippen LogP contribution in [0.4, 0.5) is 18.9 Å². The monoisotopic (exact) mass is 283 g/mol. The van der Waals surface area contributed by atoms with Crippen molar-refractivity contribution < 1.29 is 23.0 Å². The summed E-state index contributed by atoms with van der Waals surface area (Å²) in [6.45, 7) is 0.0138. The van der Waals surface area contributed by atoms with Gasteiger partial charge in [0.25, 0.3) is 0 Å². The number of hydrogen-bond acceptors (Lipinski definition) is 3. The molecule has 6 heteroatoms. The van der Waals surface area contributed by atoms with E-state index in [0.717, 1.165) is 6.07 Å². The number of phenolic OH excluding ortho intramolecular Hbond substituents is 1. The first-order valence-corrected chi connectivity index (χ1v) is 5.74. The van der Waals surface area contributed by atoms with Crippen molar-refractivity contribution in [2.45, 2.75) is 12.8 Å². The van der Waals surface area contributed by atoms with Crippen LogP contribution in [0.1, 0.15) is 11.1 Å². The number of benzene rings is 2. The third-order valence-electron chi connectivity index (χ3n) is 2.68. The van der Waals surface area contributed by atoms with Gasteiger partial charge < -0.3 is 15.6 Å². The van der Waals surface area contributed by atoms with Crippen LogP contribution in [0.2, 0.25) is 0 Å². The van der Waals surface area contributed by atoms with Gasteiger partial charge in [-0.2, -0.15) is 13.2 Å². The second-order valence-electron chi connectivity index (χ2n) is 4.18. The molecule has 20 heavy (non-hydrogen) atoms. The summed E-state index contributed by atoms with van der Waals surface area (Å²) in [5, 5.41) is 9.50. The number of aromatic hydroxyl groups is 1. The van der Waals surface area contributed by atoms with Crippen molar-refractivity contribution in [3.8, 4) is 11.5 Å². The van der Waals surface area contributed by atoms with Crippen LogP contribution in [0.15, 0.2) is 42.5 Å². The predicted octanol–water partition coefficient (Wildman–Crippen LogP) is 3.57. The van der Waals surface area contributed by atoms with Gasteiger partial charge in [-0.25, -0.2) is 0 Å². The fraction of sp³-hybridized carbons (Fsp3) is 0.143. The molecule has 0 aliphatic carbocycles. The van der Waals surface area contributed by atoms with Crippen LogP contribution in [-0.4, -0.2) is 5.11 Å². The summed E-state index contributed by atoms with van der Waals surface area (Å²) in [5.41, 5.74) is 4.64. The van der Waals surface area contributed by atoms with Crippen LogP contribution in [0.25, 0.3) is 0 Å². The number of rotatable bonds is 3. The second-order valence-corrected chi connectivity index (χ2v) is 4.18. The fourth-order valence-corrected chi connectivity index (χ4v) is 1.70. The van der Waals surface area contributed by atoms with E-state index >= 15 is 0 Å². The molecule has 0 aliphatic heterocycles. The molecule has 2 aromatic carbocycles. The van der Waals surface area contributed by atoms with Gasteiger partial charge in [0.05, 0.1) is 5.56 Å². The number of para-hydroxylation sites is 2. The highest BCUT2D eigenvalue weighted by atomic mass is 19.4. The van der Waals surface area contributed by atoms with Crippen molar-refractivity contribution >= 4 is 5.69 Å². The molecule has 3 nitrogen and oxygen atoms in total. The number of anilines is 1. The van der Waals surface area contributed by atoms with Crippen molar-refractivity contribution in [2.75, 3.05) is 5.73 Å². The maximum atomic E-state index is 12.5. The number of nitrogen functional groups attached to an aromatic ring is 1. The highest BCUT2D eigenvalue weighted by Gasteiger charge is 2.32. The summed E-state index contributed by atoms with van der Waals surface area (Å²) in [6.07, 6.45) is -4.47. The molecule has 2 aromatic rings. The Hall–Kier alpha value is -2.37.